The lowest BCUT2D eigenvalue weighted by Gasteiger charge is -2.26. The second-order valence-electron chi connectivity index (χ2n) is 5.28. The molecule has 0 amide bonds. The number of methoxy groups -OCH3 is 1. The molecule has 2 fully saturated rings. The van der Waals surface area contributed by atoms with Gasteiger partial charge in [0.2, 0.25) is 0 Å². The van der Waals surface area contributed by atoms with Crippen molar-refractivity contribution in [1.82, 2.24) is 0 Å². The Hall–Kier alpha value is -0.250. The van der Waals surface area contributed by atoms with Gasteiger partial charge in [-0.15, -0.1) is 0 Å². The molecule has 0 N–H and O–H groups in total. The molecule has 2 aliphatic heterocycles. The second kappa shape index (κ2) is 4.94. The minimum Gasteiger partial charge on any atom is -0.353 e. The van der Waals surface area contributed by atoms with Gasteiger partial charge in [-0.1, -0.05) is 0 Å². The summed E-state index contributed by atoms with van der Waals surface area (Å²) in [5, 5.41) is 0. The highest BCUT2D eigenvalue weighted by molar-refractivity contribution is 7.86. The maximum Gasteiger partial charge on any atom is 0.264 e. The van der Waals surface area contributed by atoms with Crippen molar-refractivity contribution in [3.05, 3.63) is 0 Å². The Balaban J connectivity index is 2.14. The van der Waals surface area contributed by atoms with Gasteiger partial charge >= 0.3 is 0 Å². The summed E-state index contributed by atoms with van der Waals surface area (Å²) < 4.78 is 49.6. The molecule has 0 radical (unpaired) electrons. The van der Waals surface area contributed by atoms with Crippen LogP contribution in [-0.2, 0) is 33.2 Å². The second-order valence-corrected chi connectivity index (χ2v) is 6.88. The molecule has 0 aromatic rings. The molecule has 2 saturated heterocycles. The highest BCUT2D eigenvalue weighted by Gasteiger charge is 2.57. The van der Waals surface area contributed by atoms with Crippen LogP contribution >= 0.6 is 0 Å². The van der Waals surface area contributed by atoms with Gasteiger partial charge < -0.3 is 18.9 Å². The van der Waals surface area contributed by atoms with Gasteiger partial charge in [-0.2, -0.15) is 8.42 Å². The smallest absolute Gasteiger partial charge is 0.264 e. The fourth-order valence-corrected chi connectivity index (χ4v) is 3.15. The minimum atomic E-state index is -3.56. The van der Waals surface area contributed by atoms with Crippen LogP contribution in [0.25, 0.3) is 0 Å². The highest BCUT2D eigenvalue weighted by Crippen LogP contribution is 2.40. The Morgan fingerprint density at radius 3 is 2.32 bits per heavy atom. The van der Waals surface area contributed by atoms with Crippen LogP contribution in [-0.4, -0.2) is 58.3 Å². The van der Waals surface area contributed by atoms with Crippen molar-refractivity contribution in [2.45, 2.75) is 57.3 Å². The van der Waals surface area contributed by atoms with Gasteiger partial charge in [0, 0.05) is 7.11 Å². The summed E-state index contributed by atoms with van der Waals surface area (Å²) in [6.07, 6.45) is -1.65. The van der Waals surface area contributed by atoms with Crippen molar-refractivity contribution in [3.8, 4) is 0 Å². The molecule has 0 aromatic carbocycles. The molecule has 19 heavy (non-hydrogen) atoms. The predicted octanol–water partition coefficient (Wildman–Crippen LogP) is 0.243. The van der Waals surface area contributed by atoms with Crippen LogP contribution < -0.4 is 0 Å². The predicted molar refractivity (Wildman–Crippen MR) is 64.9 cm³/mol. The number of ether oxygens (including phenoxy) is 4. The average Bonchev–Trinajstić information content (AvgIpc) is 2.67. The zero-order chi connectivity index (χ0) is 14.4. The van der Waals surface area contributed by atoms with Crippen LogP contribution in [0, 0.1) is 0 Å². The van der Waals surface area contributed by atoms with Crippen LogP contribution in [0.4, 0.5) is 0 Å². The Morgan fingerprint density at radius 2 is 1.79 bits per heavy atom. The van der Waals surface area contributed by atoms with Crippen molar-refractivity contribution in [3.63, 3.8) is 0 Å². The topological polar surface area (TPSA) is 80.3 Å². The van der Waals surface area contributed by atoms with Crippen LogP contribution in [0.3, 0.4) is 0 Å². The van der Waals surface area contributed by atoms with E-state index in [0.29, 0.717) is 0 Å². The Bertz CT molecular complexity index is 432. The standard InChI is InChI=1S/C11H20O7S/c1-6(18-19(5,12)13)7-8-9(10(14-4)15-7)17-11(2,3)16-8/h6-10H,1-5H3/t6-,7-,8-,9-,10-/m1/s1. The largest absolute Gasteiger partial charge is 0.353 e. The Morgan fingerprint density at radius 1 is 1.21 bits per heavy atom. The summed E-state index contributed by atoms with van der Waals surface area (Å²) in [6.45, 7) is 5.20. The van der Waals surface area contributed by atoms with E-state index in [4.69, 9.17) is 23.1 Å². The van der Waals surface area contributed by atoms with Gasteiger partial charge in [-0.3, -0.25) is 4.18 Å². The first-order valence-corrected chi connectivity index (χ1v) is 7.87. The van der Waals surface area contributed by atoms with Gasteiger partial charge in [0.1, 0.15) is 24.4 Å². The van der Waals surface area contributed by atoms with E-state index < -0.39 is 46.6 Å². The first-order chi connectivity index (χ1) is 8.63. The Labute approximate surface area is 113 Å². The van der Waals surface area contributed by atoms with E-state index in [1.165, 1.54) is 7.11 Å². The summed E-state index contributed by atoms with van der Waals surface area (Å²) in [7, 11) is -2.06. The number of hydrogen-bond donors (Lipinski definition) is 0. The minimum absolute atomic E-state index is 0.393. The highest BCUT2D eigenvalue weighted by atomic mass is 32.2. The summed E-state index contributed by atoms with van der Waals surface area (Å²) >= 11 is 0. The summed E-state index contributed by atoms with van der Waals surface area (Å²) in [4.78, 5) is 0. The third-order valence-corrected chi connectivity index (χ3v) is 3.72. The lowest BCUT2D eigenvalue weighted by atomic mass is 10.1. The van der Waals surface area contributed by atoms with Crippen molar-refractivity contribution in [2.24, 2.45) is 0 Å². The molecule has 0 spiro atoms. The first kappa shape index (κ1) is 15.1. The fourth-order valence-electron chi connectivity index (χ4n) is 2.49. The third kappa shape index (κ3) is 3.26. The quantitative estimate of drug-likeness (QED) is 0.687. The normalized spacial score (nSPS) is 39.2. The van der Waals surface area contributed by atoms with E-state index >= 15 is 0 Å². The van der Waals surface area contributed by atoms with Crippen LogP contribution in [0.15, 0.2) is 0 Å². The van der Waals surface area contributed by atoms with E-state index in [-0.39, 0.29) is 0 Å². The summed E-state index contributed by atoms with van der Waals surface area (Å²) in [6, 6.07) is 0. The summed E-state index contributed by atoms with van der Waals surface area (Å²) in [5.41, 5.74) is 0. The lowest BCUT2D eigenvalue weighted by Crippen LogP contribution is -2.39. The molecule has 7 nitrogen and oxygen atoms in total. The fraction of sp³-hybridized carbons (Fsp3) is 1.00. The number of hydrogen-bond acceptors (Lipinski definition) is 7. The molecule has 0 aliphatic carbocycles. The molecule has 2 aliphatic rings. The van der Waals surface area contributed by atoms with Crippen molar-refractivity contribution in [1.29, 1.82) is 0 Å². The van der Waals surface area contributed by atoms with Crippen LogP contribution in [0.1, 0.15) is 20.8 Å². The van der Waals surface area contributed by atoms with Crippen LogP contribution in [0.2, 0.25) is 0 Å². The molecule has 0 unspecified atom stereocenters. The molecule has 2 rings (SSSR count). The zero-order valence-corrected chi connectivity index (χ0v) is 12.5. The van der Waals surface area contributed by atoms with Crippen molar-refractivity contribution >= 4 is 10.1 Å². The van der Waals surface area contributed by atoms with E-state index in [1.807, 2.05) is 0 Å². The molecule has 0 aromatic heterocycles. The van der Waals surface area contributed by atoms with Gasteiger partial charge in [-0.05, 0) is 20.8 Å². The van der Waals surface area contributed by atoms with Gasteiger partial charge in [0.05, 0.1) is 6.26 Å². The van der Waals surface area contributed by atoms with Gasteiger partial charge in [-0.25, -0.2) is 0 Å². The zero-order valence-electron chi connectivity index (χ0n) is 11.7. The molecular formula is C11H20O7S. The van der Waals surface area contributed by atoms with E-state index in [2.05, 4.69) is 0 Å². The van der Waals surface area contributed by atoms with E-state index in [0.717, 1.165) is 6.26 Å². The molecule has 5 atom stereocenters. The molecular weight excluding hydrogens is 276 g/mol. The number of rotatable bonds is 4. The molecule has 0 bridgehead atoms. The van der Waals surface area contributed by atoms with Crippen molar-refractivity contribution < 1.29 is 31.5 Å². The summed E-state index contributed by atoms with van der Waals surface area (Å²) in [5.74, 6) is -0.751. The van der Waals surface area contributed by atoms with E-state index in [9.17, 15) is 8.42 Å². The molecule has 0 saturated carbocycles. The maximum absolute atomic E-state index is 11.2. The van der Waals surface area contributed by atoms with Crippen molar-refractivity contribution in [2.75, 3.05) is 13.4 Å². The van der Waals surface area contributed by atoms with E-state index in [1.54, 1.807) is 20.8 Å². The average molecular weight is 296 g/mol. The SMILES string of the molecule is CO[C@@H]1O[C@H]([C@@H](C)OS(C)(=O)=O)[C@H]2OC(C)(C)O[C@@H]12. The lowest BCUT2D eigenvalue weighted by molar-refractivity contribution is -0.234. The maximum atomic E-state index is 11.2. The van der Waals surface area contributed by atoms with Gasteiger partial charge in [0.15, 0.2) is 12.1 Å². The molecule has 2 heterocycles. The van der Waals surface area contributed by atoms with Crippen LogP contribution in [0.5, 0.6) is 0 Å². The monoisotopic (exact) mass is 296 g/mol. The molecule has 112 valence electrons. The number of fused-ring (bicyclic) bond motifs is 1. The third-order valence-electron chi connectivity index (χ3n) is 3.07. The Kier molecular flexibility index (Phi) is 3.94. The first-order valence-electron chi connectivity index (χ1n) is 6.05. The van der Waals surface area contributed by atoms with Gasteiger partial charge in [0.25, 0.3) is 10.1 Å². The molecule has 8 heteroatoms.